The Morgan fingerprint density at radius 1 is 1.25 bits per heavy atom. The summed E-state index contributed by atoms with van der Waals surface area (Å²) in [6, 6.07) is 0.508. The van der Waals surface area contributed by atoms with E-state index in [1.807, 2.05) is 6.92 Å². The fourth-order valence-electron chi connectivity index (χ4n) is 3.11. The summed E-state index contributed by atoms with van der Waals surface area (Å²) >= 11 is 0. The molecule has 20 heavy (non-hydrogen) atoms. The predicted molar refractivity (Wildman–Crippen MR) is 84.8 cm³/mol. The van der Waals surface area contributed by atoms with Crippen molar-refractivity contribution in [1.82, 2.24) is 9.97 Å². The maximum absolute atomic E-state index is 6.02. The standard InChI is InChI=1S/C16H28N4/c1-5-6-14-19-15(17)12(4)16(20-14)18-13-8-7-10(2)9-11(13)3/h10-11,13H,5-9H2,1-4H3,(H3,17,18,19,20). The van der Waals surface area contributed by atoms with Crippen LogP contribution < -0.4 is 11.1 Å². The van der Waals surface area contributed by atoms with E-state index in [1.54, 1.807) is 0 Å². The molecule has 4 nitrogen and oxygen atoms in total. The SMILES string of the molecule is CCCc1nc(N)c(C)c(NC2CCC(C)CC2C)n1. The summed E-state index contributed by atoms with van der Waals surface area (Å²) in [4.78, 5) is 9.04. The third-order valence-electron chi connectivity index (χ3n) is 4.46. The molecular weight excluding hydrogens is 248 g/mol. The third-order valence-corrected chi connectivity index (χ3v) is 4.46. The van der Waals surface area contributed by atoms with Crippen molar-refractivity contribution in [3.8, 4) is 0 Å². The lowest BCUT2D eigenvalue weighted by atomic mass is 9.80. The highest BCUT2D eigenvalue weighted by Gasteiger charge is 2.26. The van der Waals surface area contributed by atoms with Gasteiger partial charge in [-0.1, -0.05) is 20.8 Å². The fourth-order valence-corrected chi connectivity index (χ4v) is 3.11. The van der Waals surface area contributed by atoms with Gasteiger partial charge in [-0.3, -0.25) is 0 Å². The lowest BCUT2D eigenvalue weighted by Crippen LogP contribution is -2.33. The average molecular weight is 276 g/mol. The van der Waals surface area contributed by atoms with Gasteiger partial charge in [-0.05, 0) is 44.4 Å². The van der Waals surface area contributed by atoms with E-state index < -0.39 is 0 Å². The highest BCUT2D eigenvalue weighted by Crippen LogP contribution is 2.31. The first-order chi connectivity index (χ1) is 9.51. The summed E-state index contributed by atoms with van der Waals surface area (Å²) in [7, 11) is 0. The molecule has 1 aliphatic rings. The van der Waals surface area contributed by atoms with Crippen LogP contribution in [0.1, 0.15) is 57.8 Å². The molecule has 0 amide bonds. The number of aromatic nitrogens is 2. The minimum atomic E-state index is 0.508. The molecule has 1 heterocycles. The van der Waals surface area contributed by atoms with Crippen LogP contribution >= 0.6 is 0 Å². The molecule has 3 atom stereocenters. The van der Waals surface area contributed by atoms with Crippen LogP contribution in [0.2, 0.25) is 0 Å². The van der Waals surface area contributed by atoms with Gasteiger partial charge in [0.2, 0.25) is 0 Å². The Kier molecular flexibility index (Phi) is 4.84. The van der Waals surface area contributed by atoms with E-state index >= 15 is 0 Å². The van der Waals surface area contributed by atoms with Crippen molar-refractivity contribution in [3.05, 3.63) is 11.4 Å². The minimum Gasteiger partial charge on any atom is -0.383 e. The van der Waals surface area contributed by atoms with Gasteiger partial charge in [0, 0.05) is 18.0 Å². The van der Waals surface area contributed by atoms with E-state index in [9.17, 15) is 0 Å². The number of aryl methyl sites for hydroxylation is 1. The molecule has 112 valence electrons. The van der Waals surface area contributed by atoms with Crippen LogP contribution in [0.3, 0.4) is 0 Å². The Labute approximate surface area is 122 Å². The summed E-state index contributed by atoms with van der Waals surface area (Å²) in [5.74, 6) is 3.93. The molecule has 3 N–H and O–H groups in total. The molecule has 0 saturated heterocycles. The van der Waals surface area contributed by atoms with E-state index in [2.05, 4.69) is 36.1 Å². The second-order valence-corrected chi connectivity index (χ2v) is 6.40. The topological polar surface area (TPSA) is 63.8 Å². The molecular formula is C16H28N4. The van der Waals surface area contributed by atoms with Gasteiger partial charge in [0.1, 0.15) is 17.5 Å². The van der Waals surface area contributed by atoms with Gasteiger partial charge < -0.3 is 11.1 Å². The summed E-state index contributed by atoms with van der Waals surface area (Å²) in [6.07, 6.45) is 5.73. The molecule has 2 rings (SSSR count). The van der Waals surface area contributed by atoms with Gasteiger partial charge in [-0.2, -0.15) is 0 Å². The Hall–Kier alpha value is -1.32. The van der Waals surface area contributed by atoms with Gasteiger partial charge >= 0.3 is 0 Å². The number of nitrogens with two attached hydrogens (primary N) is 1. The second kappa shape index (κ2) is 6.42. The number of nitrogens with zero attached hydrogens (tertiary/aromatic N) is 2. The van der Waals surface area contributed by atoms with Crippen LogP contribution in [0.25, 0.3) is 0 Å². The van der Waals surface area contributed by atoms with Crippen molar-refractivity contribution in [2.75, 3.05) is 11.1 Å². The highest BCUT2D eigenvalue weighted by atomic mass is 15.1. The van der Waals surface area contributed by atoms with Crippen molar-refractivity contribution in [2.45, 2.75) is 65.8 Å². The van der Waals surface area contributed by atoms with E-state index in [0.29, 0.717) is 17.8 Å². The Morgan fingerprint density at radius 3 is 2.65 bits per heavy atom. The van der Waals surface area contributed by atoms with Crippen LogP contribution in [0.4, 0.5) is 11.6 Å². The molecule has 0 spiro atoms. The van der Waals surface area contributed by atoms with E-state index in [4.69, 9.17) is 5.73 Å². The number of hydrogen-bond acceptors (Lipinski definition) is 4. The molecule has 4 heteroatoms. The lowest BCUT2D eigenvalue weighted by Gasteiger charge is -2.34. The summed E-state index contributed by atoms with van der Waals surface area (Å²) in [5.41, 5.74) is 7.00. The van der Waals surface area contributed by atoms with Crippen molar-refractivity contribution < 1.29 is 0 Å². The maximum atomic E-state index is 6.02. The van der Waals surface area contributed by atoms with E-state index in [-0.39, 0.29) is 0 Å². The van der Waals surface area contributed by atoms with Crippen molar-refractivity contribution in [3.63, 3.8) is 0 Å². The first-order valence-corrected chi connectivity index (χ1v) is 7.90. The van der Waals surface area contributed by atoms with Crippen LogP contribution in [0.15, 0.2) is 0 Å². The lowest BCUT2D eigenvalue weighted by molar-refractivity contribution is 0.276. The van der Waals surface area contributed by atoms with E-state index in [1.165, 1.54) is 19.3 Å². The highest BCUT2D eigenvalue weighted by molar-refractivity contribution is 5.55. The molecule has 3 unspecified atom stereocenters. The zero-order valence-electron chi connectivity index (χ0n) is 13.2. The van der Waals surface area contributed by atoms with Gasteiger partial charge in [0.25, 0.3) is 0 Å². The quantitative estimate of drug-likeness (QED) is 0.882. The van der Waals surface area contributed by atoms with Gasteiger partial charge in [0.05, 0.1) is 0 Å². The monoisotopic (exact) mass is 276 g/mol. The maximum Gasteiger partial charge on any atom is 0.134 e. The molecule has 1 saturated carbocycles. The molecule has 1 fully saturated rings. The van der Waals surface area contributed by atoms with Crippen molar-refractivity contribution in [1.29, 1.82) is 0 Å². The minimum absolute atomic E-state index is 0.508. The fraction of sp³-hybridized carbons (Fsp3) is 0.750. The zero-order chi connectivity index (χ0) is 14.7. The van der Waals surface area contributed by atoms with Gasteiger partial charge in [0.15, 0.2) is 0 Å². The second-order valence-electron chi connectivity index (χ2n) is 6.40. The largest absolute Gasteiger partial charge is 0.383 e. The molecule has 1 aliphatic carbocycles. The first kappa shape index (κ1) is 15.1. The number of hydrogen-bond donors (Lipinski definition) is 2. The van der Waals surface area contributed by atoms with Crippen LogP contribution in [-0.4, -0.2) is 16.0 Å². The van der Waals surface area contributed by atoms with Crippen LogP contribution in [0.5, 0.6) is 0 Å². The summed E-state index contributed by atoms with van der Waals surface area (Å²) in [5, 5.41) is 3.63. The van der Waals surface area contributed by atoms with E-state index in [0.717, 1.165) is 36.0 Å². The van der Waals surface area contributed by atoms with Crippen LogP contribution in [-0.2, 0) is 6.42 Å². The number of nitrogens with one attached hydrogen (secondary N) is 1. The van der Waals surface area contributed by atoms with Crippen molar-refractivity contribution in [2.24, 2.45) is 11.8 Å². The summed E-state index contributed by atoms with van der Waals surface area (Å²) in [6.45, 7) is 8.82. The number of anilines is 2. The molecule has 1 aromatic heterocycles. The Bertz CT molecular complexity index is 458. The number of rotatable bonds is 4. The molecule has 0 bridgehead atoms. The Morgan fingerprint density at radius 2 is 2.00 bits per heavy atom. The number of nitrogen functional groups attached to an aromatic ring is 1. The third kappa shape index (κ3) is 3.41. The van der Waals surface area contributed by atoms with Crippen molar-refractivity contribution >= 4 is 11.6 Å². The molecule has 0 aromatic carbocycles. The molecule has 0 radical (unpaired) electrons. The Balaban J connectivity index is 2.15. The van der Waals surface area contributed by atoms with Gasteiger partial charge in [-0.15, -0.1) is 0 Å². The first-order valence-electron chi connectivity index (χ1n) is 7.90. The van der Waals surface area contributed by atoms with Gasteiger partial charge in [-0.25, -0.2) is 9.97 Å². The predicted octanol–water partition coefficient (Wildman–Crippen LogP) is 3.56. The molecule has 0 aliphatic heterocycles. The summed E-state index contributed by atoms with van der Waals surface area (Å²) < 4.78 is 0. The molecule has 1 aromatic rings. The smallest absolute Gasteiger partial charge is 0.134 e. The zero-order valence-corrected chi connectivity index (χ0v) is 13.2. The average Bonchev–Trinajstić information content (AvgIpc) is 2.39. The normalized spacial score (nSPS) is 26.5. The van der Waals surface area contributed by atoms with Crippen LogP contribution in [0, 0.1) is 18.8 Å².